The van der Waals surface area contributed by atoms with Gasteiger partial charge in [-0.15, -0.1) is 0 Å². The average Bonchev–Trinajstić information content (AvgIpc) is 3.08. The largest absolute Gasteiger partial charge is 0.416 e. The van der Waals surface area contributed by atoms with E-state index in [1.807, 2.05) is 12.1 Å². The van der Waals surface area contributed by atoms with Gasteiger partial charge in [-0.05, 0) is 43.2 Å². The molecule has 1 aliphatic heterocycles. The summed E-state index contributed by atoms with van der Waals surface area (Å²) in [5, 5.41) is 2.57. The molecule has 6 heteroatoms. The molecule has 0 unspecified atom stereocenters. The summed E-state index contributed by atoms with van der Waals surface area (Å²) < 4.78 is 38.3. The van der Waals surface area contributed by atoms with Crippen LogP contribution >= 0.6 is 0 Å². The van der Waals surface area contributed by atoms with Crippen LogP contribution in [-0.2, 0) is 6.18 Å². The zero-order chi connectivity index (χ0) is 17.2. The topological polar surface area (TPSA) is 32.3 Å². The number of hydrogen-bond donors (Lipinski definition) is 1. The van der Waals surface area contributed by atoms with Gasteiger partial charge in [0.25, 0.3) is 5.91 Å². The molecule has 1 heterocycles. The van der Waals surface area contributed by atoms with Crippen molar-refractivity contribution < 1.29 is 18.0 Å². The molecule has 0 aromatic heterocycles. The Morgan fingerprint density at radius 1 is 1.00 bits per heavy atom. The van der Waals surface area contributed by atoms with E-state index < -0.39 is 17.6 Å². The molecule has 126 valence electrons. The van der Waals surface area contributed by atoms with Crippen LogP contribution in [0.1, 0.15) is 28.8 Å². The monoisotopic (exact) mass is 334 g/mol. The van der Waals surface area contributed by atoms with Crippen molar-refractivity contribution >= 4 is 17.3 Å². The molecule has 2 aromatic carbocycles. The fraction of sp³-hybridized carbons (Fsp3) is 0.278. The molecular formula is C18H17F3N2O. The van der Waals surface area contributed by atoms with Gasteiger partial charge in [0.15, 0.2) is 0 Å². The van der Waals surface area contributed by atoms with Gasteiger partial charge < -0.3 is 10.2 Å². The molecule has 1 saturated heterocycles. The van der Waals surface area contributed by atoms with E-state index in [0.29, 0.717) is 5.56 Å². The molecule has 2 aromatic rings. The van der Waals surface area contributed by atoms with Gasteiger partial charge in [0.2, 0.25) is 0 Å². The fourth-order valence-corrected chi connectivity index (χ4v) is 2.87. The highest BCUT2D eigenvalue weighted by Crippen LogP contribution is 2.31. The average molecular weight is 334 g/mol. The number of rotatable bonds is 3. The lowest BCUT2D eigenvalue weighted by atomic mass is 10.1. The van der Waals surface area contributed by atoms with Gasteiger partial charge >= 0.3 is 6.18 Å². The molecule has 1 aliphatic rings. The molecule has 0 atom stereocenters. The number of hydrogen-bond acceptors (Lipinski definition) is 2. The third kappa shape index (κ3) is 3.53. The van der Waals surface area contributed by atoms with Gasteiger partial charge in [-0.1, -0.05) is 18.2 Å². The summed E-state index contributed by atoms with van der Waals surface area (Å²) in [5.41, 5.74) is 0.635. The predicted molar refractivity (Wildman–Crippen MR) is 87.3 cm³/mol. The number of halogens is 3. The second-order valence-electron chi connectivity index (χ2n) is 5.74. The zero-order valence-corrected chi connectivity index (χ0v) is 12.9. The predicted octanol–water partition coefficient (Wildman–Crippen LogP) is 4.56. The van der Waals surface area contributed by atoms with E-state index in [2.05, 4.69) is 10.2 Å². The number of anilines is 2. The molecule has 0 spiro atoms. The van der Waals surface area contributed by atoms with Crippen molar-refractivity contribution in [2.24, 2.45) is 0 Å². The van der Waals surface area contributed by atoms with Crippen LogP contribution in [0.25, 0.3) is 0 Å². The molecule has 24 heavy (non-hydrogen) atoms. The Morgan fingerprint density at radius 2 is 1.71 bits per heavy atom. The molecule has 1 fully saturated rings. The van der Waals surface area contributed by atoms with Gasteiger partial charge in [0.05, 0.1) is 11.1 Å². The fourth-order valence-electron chi connectivity index (χ4n) is 2.87. The first-order chi connectivity index (χ1) is 11.4. The van der Waals surface area contributed by atoms with Gasteiger partial charge in [-0.3, -0.25) is 4.79 Å². The molecule has 0 saturated carbocycles. The lowest BCUT2D eigenvalue weighted by Gasteiger charge is -2.21. The Morgan fingerprint density at radius 3 is 2.42 bits per heavy atom. The van der Waals surface area contributed by atoms with Crippen molar-refractivity contribution in [3.05, 3.63) is 59.7 Å². The molecule has 3 rings (SSSR count). The minimum atomic E-state index is -4.44. The smallest absolute Gasteiger partial charge is 0.371 e. The minimum absolute atomic E-state index is 0.131. The third-order valence-corrected chi connectivity index (χ3v) is 4.04. The van der Waals surface area contributed by atoms with Gasteiger partial charge in [-0.2, -0.15) is 13.2 Å². The van der Waals surface area contributed by atoms with E-state index in [0.717, 1.165) is 43.8 Å². The number of amides is 1. The first kappa shape index (κ1) is 16.4. The SMILES string of the molecule is O=C(Nc1cccc(C(F)(F)F)c1)c1ccccc1N1CCCC1. The van der Waals surface area contributed by atoms with Gasteiger partial charge in [0, 0.05) is 24.5 Å². The maximum absolute atomic E-state index is 12.8. The van der Waals surface area contributed by atoms with Crippen molar-refractivity contribution in [3.63, 3.8) is 0 Å². The Hall–Kier alpha value is -2.50. The van der Waals surface area contributed by atoms with Crippen molar-refractivity contribution in [1.82, 2.24) is 0 Å². The normalized spacial score (nSPS) is 14.7. The number of nitrogens with zero attached hydrogens (tertiary/aromatic N) is 1. The molecule has 0 radical (unpaired) electrons. The number of nitrogens with one attached hydrogen (secondary N) is 1. The minimum Gasteiger partial charge on any atom is -0.371 e. The lowest BCUT2D eigenvalue weighted by molar-refractivity contribution is -0.137. The molecule has 1 amide bonds. The van der Waals surface area contributed by atoms with Crippen LogP contribution in [-0.4, -0.2) is 19.0 Å². The second-order valence-corrected chi connectivity index (χ2v) is 5.74. The molecule has 0 bridgehead atoms. The van der Waals surface area contributed by atoms with E-state index in [9.17, 15) is 18.0 Å². The second kappa shape index (κ2) is 6.55. The van der Waals surface area contributed by atoms with Crippen molar-refractivity contribution in [2.75, 3.05) is 23.3 Å². The van der Waals surface area contributed by atoms with E-state index in [4.69, 9.17) is 0 Å². The van der Waals surface area contributed by atoms with Crippen LogP contribution in [0, 0.1) is 0 Å². The van der Waals surface area contributed by atoms with Gasteiger partial charge in [0.1, 0.15) is 0 Å². The number of para-hydroxylation sites is 1. The summed E-state index contributed by atoms with van der Waals surface area (Å²) in [5.74, 6) is -0.406. The third-order valence-electron chi connectivity index (χ3n) is 4.04. The van der Waals surface area contributed by atoms with E-state index >= 15 is 0 Å². The summed E-state index contributed by atoms with van der Waals surface area (Å²) in [7, 11) is 0. The highest BCUT2D eigenvalue weighted by atomic mass is 19.4. The van der Waals surface area contributed by atoms with E-state index in [1.54, 1.807) is 12.1 Å². The molecule has 3 nitrogen and oxygen atoms in total. The van der Waals surface area contributed by atoms with Crippen molar-refractivity contribution in [3.8, 4) is 0 Å². The quantitative estimate of drug-likeness (QED) is 0.892. The summed E-state index contributed by atoms with van der Waals surface area (Å²) in [6.45, 7) is 1.77. The molecule has 0 aliphatic carbocycles. The summed E-state index contributed by atoms with van der Waals surface area (Å²) in [6.07, 6.45) is -2.29. The first-order valence-corrected chi connectivity index (χ1v) is 7.78. The highest BCUT2D eigenvalue weighted by Gasteiger charge is 2.30. The maximum atomic E-state index is 12.8. The number of benzene rings is 2. The van der Waals surface area contributed by atoms with Crippen LogP contribution in [0.3, 0.4) is 0 Å². The number of carbonyl (C=O) groups excluding carboxylic acids is 1. The standard InChI is InChI=1S/C18H17F3N2O/c19-18(20,21)13-6-5-7-14(12-13)22-17(24)15-8-1-2-9-16(15)23-10-3-4-11-23/h1-2,5-9,12H,3-4,10-11H2,(H,22,24). The van der Waals surface area contributed by atoms with Crippen LogP contribution < -0.4 is 10.2 Å². The van der Waals surface area contributed by atoms with Crippen LogP contribution in [0.5, 0.6) is 0 Å². The van der Waals surface area contributed by atoms with Crippen LogP contribution in [0.4, 0.5) is 24.5 Å². The Balaban J connectivity index is 1.83. The van der Waals surface area contributed by atoms with Crippen molar-refractivity contribution in [1.29, 1.82) is 0 Å². The molecular weight excluding hydrogens is 317 g/mol. The van der Waals surface area contributed by atoms with Crippen molar-refractivity contribution in [2.45, 2.75) is 19.0 Å². The Labute approximate surface area is 138 Å². The summed E-state index contributed by atoms with van der Waals surface area (Å²) >= 11 is 0. The van der Waals surface area contributed by atoms with E-state index in [-0.39, 0.29) is 5.69 Å². The van der Waals surface area contributed by atoms with Gasteiger partial charge in [-0.25, -0.2) is 0 Å². The summed E-state index contributed by atoms with van der Waals surface area (Å²) in [6, 6.07) is 11.8. The first-order valence-electron chi connectivity index (χ1n) is 7.78. The number of alkyl halides is 3. The zero-order valence-electron chi connectivity index (χ0n) is 12.9. The van der Waals surface area contributed by atoms with E-state index in [1.165, 1.54) is 12.1 Å². The Kier molecular flexibility index (Phi) is 4.46. The highest BCUT2D eigenvalue weighted by molar-refractivity contribution is 6.08. The lowest BCUT2D eigenvalue weighted by Crippen LogP contribution is -2.22. The Bertz CT molecular complexity index is 737. The summed E-state index contributed by atoms with van der Waals surface area (Å²) in [4.78, 5) is 14.7. The number of carbonyl (C=O) groups is 1. The van der Waals surface area contributed by atoms with Crippen LogP contribution in [0.2, 0.25) is 0 Å². The maximum Gasteiger partial charge on any atom is 0.416 e. The van der Waals surface area contributed by atoms with Crippen LogP contribution in [0.15, 0.2) is 48.5 Å². The molecule has 1 N–H and O–H groups in total.